The van der Waals surface area contributed by atoms with Gasteiger partial charge in [-0.25, -0.2) is 8.42 Å². The number of rotatable bonds is 14. The molecule has 2 rings (SSSR count). The van der Waals surface area contributed by atoms with E-state index in [1.54, 1.807) is 23.1 Å². The number of sulfonamides is 1. The maximum absolute atomic E-state index is 13.5. The van der Waals surface area contributed by atoms with Crippen LogP contribution >= 0.6 is 11.6 Å². The van der Waals surface area contributed by atoms with Gasteiger partial charge in [-0.05, 0) is 55.5 Å². The molecule has 198 valence electrons. The molecule has 1 atom stereocenters. The molecule has 1 unspecified atom stereocenters. The van der Waals surface area contributed by atoms with Crippen LogP contribution in [0.25, 0.3) is 0 Å². The Bertz CT molecular complexity index is 1120. The lowest BCUT2D eigenvalue weighted by molar-refractivity contribution is -0.141. The molecule has 0 aromatic heterocycles. The number of nitrogens with one attached hydrogen (secondary N) is 1. The van der Waals surface area contributed by atoms with Crippen molar-refractivity contribution in [3.8, 4) is 0 Å². The van der Waals surface area contributed by atoms with E-state index >= 15 is 0 Å². The number of carbonyl (C=O) groups excluding carboxylic acids is 2. The van der Waals surface area contributed by atoms with Crippen LogP contribution in [-0.4, -0.2) is 50.5 Å². The molecule has 0 heterocycles. The molecule has 1 N–H and O–H groups in total. The summed E-state index contributed by atoms with van der Waals surface area (Å²) in [5, 5.41) is 3.47. The predicted molar refractivity (Wildman–Crippen MR) is 147 cm³/mol. The lowest BCUT2D eigenvalue weighted by Gasteiger charge is -2.31. The fraction of sp³-hybridized carbons (Fsp3) is 0.481. The van der Waals surface area contributed by atoms with Crippen LogP contribution in [0.4, 0.5) is 5.69 Å². The van der Waals surface area contributed by atoms with E-state index in [1.165, 1.54) is 4.31 Å². The minimum Gasteiger partial charge on any atom is -0.354 e. The van der Waals surface area contributed by atoms with E-state index in [1.807, 2.05) is 51.1 Å². The maximum atomic E-state index is 13.5. The number of amides is 2. The van der Waals surface area contributed by atoms with Gasteiger partial charge in [0.1, 0.15) is 6.04 Å². The van der Waals surface area contributed by atoms with Gasteiger partial charge in [0.05, 0.1) is 11.9 Å². The monoisotopic (exact) mass is 535 g/mol. The zero-order valence-corrected chi connectivity index (χ0v) is 23.2. The number of aryl methyl sites for hydroxylation is 1. The molecule has 9 heteroatoms. The van der Waals surface area contributed by atoms with E-state index in [2.05, 4.69) is 5.32 Å². The molecule has 0 aliphatic rings. The Kier molecular flexibility index (Phi) is 11.7. The van der Waals surface area contributed by atoms with Crippen LogP contribution < -0.4 is 9.62 Å². The smallest absolute Gasteiger partial charge is 0.242 e. The molecule has 2 amide bonds. The van der Waals surface area contributed by atoms with Crippen molar-refractivity contribution < 1.29 is 18.0 Å². The van der Waals surface area contributed by atoms with E-state index in [9.17, 15) is 18.0 Å². The Hall–Kier alpha value is -2.58. The normalized spacial score (nSPS) is 12.1. The Balaban J connectivity index is 2.21. The maximum Gasteiger partial charge on any atom is 0.242 e. The molecule has 0 aliphatic heterocycles. The highest BCUT2D eigenvalue weighted by atomic mass is 35.5. The topological polar surface area (TPSA) is 86.8 Å². The molecule has 36 heavy (non-hydrogen) atoms. The molecule has 2 aromatic carbocycles. The summed E-state index contributed by atoms with van der Waals surface area (Å²) in [4.78, 5) is 28.0. The molecule has 0 radical (unpaired) electrons. The molecule has 2 aromatic rings. The second kappa shape index (κ2) is 14.2. The summed E-state index contributed by atoms with van der Waals surface area (Å²) in [6.45, 7) is 6.74. The van der Waals surface area contributed by atoms with Crippen LogP contribution in [0.15, 0.2) is 48.5 Å². The lowest BCUT2D eigenvalue weighted by atomic mass is 10.1. The number of nitrogens with zero attached hydrogens (tertiary/aromatic N) is 2. The van der Waals surface area contributed by atoms with Gasteiger partial charge in [-0.2, -0.15) is 0 Å². The van der Waals surface area contributed by atoms with Crippen molar-refractivity contribution in [2.24, 2.45) is 0 Å². The standard InChI is InChI=1S/C27H38ClN3O4S/c1-5-7-17-29-27(33)25(6-2)30(20-22-13-8-9-15-24(22)28)26(32)16-11-18-31(36(4,34)35)23-14-10-12-21(3)19-23/h8-10,12-15,19,25H,5-7,11,16-18,20H2,1-4H3,(H,29,33). The third kappa shape index (κ3) is 8.82. The first kappa shape index (κ1) is 29.6. The van der Waals surface area contributed by atoms with Crippen LogP contribution in [0.5, 0.6) is 0 Å². The Morgan fingerprint density at radius 3 is 2.39 bits per heavy atom. The molecule has 0 fully saturated rings. The quantitative estimate of drug-likeness (QED) is 0.348. The van der Waals surface area contributed by atoms with Gasteiger partial charge in [0.25, 0.3) is 0 Å². The first-order valence-electron chi connectivity index (χ1n) is 12.4. The fourth-order valence-corrected chi connectivity index (χ4v) is 5.18. The van der Waals surface area contributed by atoms with Gasteiger partial charge in [0, 0.05) is 31.1 Å². The van der Waals surface area contributed by atoms with E-state index in [4.69, 9.17) is 11.6 Å². The molecule has 7 nitrogen and oxygen atoms in total. The molecule has 0 saturated carbocycles. The molecule has 0 spiro atoms. The minimum atomic E-state index is -3.53. The van der Waals surface area contributed by atoms with E-state index in [-0.39, 0.29) is 31.3 Å². The highest BCUT2D eigenvalue weighted by molar-refractivity contribution is 7.92. The average molecular weight is 536 g/mol. The van der Waals surface area contributed by atoms with Crippen molar-refractivity contribution in [1.29, 1.82) is 0 Å². The van der Waals surface area contributed by atoms with E-state index in [0.29, 0.717) is 30.1 Å². The molecule has 0 saturated heterocycles. The highest BCUT2D eigenvalue weighted by Crippen LogP contribution is 2.22. The number of anilines is 1. The van der Waals surface area contributed by atoms with Gasteiger partial charge in [-0.3, -0.25) is 13.9 Å². The second-order valence-electron chi connectivity index (χ2n) is 8.96. The van der Waals surface area contributed by atoms with Gasteiger partial charge in [-0.1, -0.05) is 62.2 Å². The lowest BCUT2D eigenvalue weighted by Crippen LogP contribution is -2.49. The fourth-order valence-electron chi connectivity index (χ4n) is 4.02. The molecular formula is C27H38ClN3O4S. The van der Waals surface area contributed by atoms with Crippen LogP contribution in [0.1, 0.15) is 57.1 Å². The van der Waals surface area contributed by atoms with Crippen molar-refractivity contribution in [2.45, 2.75) is 65.5 Å². The number of hydrogen-bond acceptors (Lipinski definition) is 4. The average Bonchev–Trinajstić information content (AvgIpc) is 2.82. The van der Waals surface area contributed by atoms with Crippen LogP contribution in [0.3, 0.4) is 0 Å². The summed E-state index contributed by atoms with van der Waals surface area (Å²) in [7, 11) is -3.53. The largest absolute Gasteiger partial charge is 0.354 e. The van der Waals surface area contributed by atoms with Gasteiger partial charge in [-0.15, -0.1) is 0 Å². The van der Waals surface area contributed by atoms with E-state index < -0.39 is 16.1 Å². The number of unbranched alkanes of at least 4 members (excludes halogenated alkanes) is 1. The Morgan fingerprint density at radius 2 is 1.78 bits per heavy atom. The van der Waals surface area contributed by atoms with Crippen LogP contribution in [-0.2, 0) is 26.2 Å². The summed E-state index contributed by atoms with van der Waals surface area (Å²) in [5.74, 6) is -0.408. The highest BCUT2D eigenvalue weighted by Gasteiger charge is 2.29. The number of carbonyl (C=O) groups is 2. The molecule has 0 aliphatic carbocycles. The van der Waals surface area contributed by atoms with E-state index in [0.717, 1.165) is 30.2 Å². The first-order chi connectivity index (χ1) is 17.1. The number of benzene rings is 2. The van der Waals surface area contributed by atoms with Crippen molar-refractivity contribution in [2.75, 3.05) is 23.7 Å². The third-order valence-electron chi connectivity index (χ3n) is 5.96. The van der Waals surface area contributed by atoms with Gasteiger partial charge in [0.2, 0.25) is 21.8 Å². The molecular weight excluding hydrogens is 498 g/mol. The SMILES string of the molecule is CCCCNC(=O)C(CC)N(Cc1ccccc1Cl)C(=O)CCCN(c1cccc(C)c1)S(C)(=O)=O. The second-order valence-corrected chi connectivity index (χ2v) is 11.3. The Labute approximate surface area is 220 Å². The van der Waals surface area contributed by atoms with Gasteiger partial charge >= 0.3 is 0 Å². The zero-order valence-electron chi connectivity index (χ0n) is 21.7. The summed E-state index contributed by atoms with van der Waals surface area (Å²) in [6, 6.07) is 13.9. The summed E-state index contributed by atoms with van der Waals surface area (Å²) in [6.07, 6.45) is 3.84. The summed E-state index contributed by atoms with van der Waals surface area (Å²) < 4.78 is 26.2. The zero-order chi connectivity index (χ0) is 26.7. The predicted octanol–water partition coefficient (Wildman–Crippen LogP) is 4.92. The molecule has 0 bridgehead atoms. The number of hydrogen-bond donors (Lipinski definition) is 1. The Morgan fingerprint density at radius 1 is 1.06 bits per heavy atom. The van der Waals surface area contributed by atoms with Crippen molar-refractivity contribution in [3.63, 3.8) is 0 Å². The van der Waals surface area contributed by atoms with Crippen molar-refractivity contribution in [1.82, 2.24) is 10.2 Å². The van der Waals surface area contributed by atoms with Crippen molar-refractivity contribution in [3.05, 3.63) is 64.7 Å². The minimum absolute atomic E-state index is 0.0982. The van der Waals surface area contributed by atoms with Gasteiger partial charge < -0.3 is 10.2 Å². The van der Waals surface area contributed by atoms with Gasteiger partial charge in [0.15, 0.2) is 0 Å². The third-order valence-corrected chi connectivity index (χ3v) is 7.52. The van der Waals surface area contributed by atoms with Crippen molar-refractivity contribution >= 4 is 39.1 Å². The first-order valence-corrected chi connectivity index (χ1v) is 14.7. The van der Waals surface area contributed by atoms with Crippen LogP contribution in [0, 0.1) is 6.92 Å². The van der Waals surface area contributed by atoms with Crippen LogP contribution in [0.2, 0.25) is 5.02 Å². The number of halogens is 1. The summed E-state index contributed by atoms with van der Waals surface area (Å²) in [5.41, 5.74) is 2.27. The summed E-state index contributed by atoms with van der Waals surface area (Å²) >= 11 is 6.37.